The third kappa shape index (κ3) is 2.91. The van der Waals surface area contributed by atoms with Gasteiger partial charge in [0, 0.05) is 17.8 Å². The van der Waals surface area contributed by atoms with Crippen LogP contribution in [-0.4, -0.2) is 25.8 Å². The van der Waals surface area contributed by atoms with Gasteiger partial charge in [0.25, 0.3) is 0 Å². The lowest BCUT2D eigenvalue weighted by Crippen LogP contribution is -2.02. The van der Waals surface area contributed by atoms with E-state index in [1.807, 2.05) is 59.4 Å². The summed E-state index contributed by atoms with van der Waals surface area (Å²) in [6.45, 7) is 0. The molecule has 0 radical (unpaired) electrons. The fourth-order valence-electron chi connectivity index (χ4n) is 2.82. The van der Waals surface area contributed by atoms with Gasteiger partial charge in [-0.2, -0.15) is 0 Å². The number of alkyl halides is 1. The minimum absolute atomic E-state index is 0.437. The maximum absolute atomic E-state index is 6.12. The lowest BCUT2D eigenvalue weighted by molar-refractivity contribution is 1.05. The highest BCUT2D eigenvalue weighted by Crippen LogP contribution is 2.31. The quantitative estimate of drug-likeness (QED) is 0.415. The third-order valence-corrected chi connectivity index (χ3v) is 5.07. The zero-order valence-corrected chi connectivity index (χ0v) is 15.6. The highest BCUT2D eigenvalue weighted by molar-refractivity contribution is 7.98. The van der Waals surface area contributed by atoms with Crippen LogP contribution in [0.4, 0.5) is 5.82 Å². The predicted molar refractivity (Wildman–Crippen MR) is 108 cm³/mol. The molecule has 0 aliphatic rings. The van der Waals surface area contributed by atoms with Gasteiger partial charge in [0.15, 0.2) is 11.5 Å². The number of halogens is 1. The second-order valence-electron chi connectivity index (χ2n) is 5.70. The first kappa shape index (κ1) is 16.9. The topological polar surface area (TPSA) is 69.6 Å². The Labute approximate surface area is 160 Å². The second-order valence-corrected chi connectivity index (χ2v) is 6.80. The van der Waals surface area contributed by atoms with Gasteiger partial charge in [-0.3, -0.25) is 4.57 Å². The Morgan fingerprint density at radius 3 is 2.58 bits per heavy atom. The Balaban J connectivity index is 2.03. The van der Waals surface area contributed by atoms with Gasteiger partial charge in [-0.05, 0) is 48.2 Å². The van der Waals surface area contributed by atoms with Gasteiger partial charge in [0.05, 0.1) is 10.6 Å². The van der Waals surface area contributed by atoms with Gasteiger partial charge in [-0.15, -0.1) is 23.4 Å². The molecular formula is C19H16ClN5S. The molecule has 0 saturated heterocycles. The summed E-state index contributed by atoms with van der Waals surface area (Å²) in [5.41, 5.74) is 10.5. The smallest absolute Gasteiger partial charge is 0.166 e. The maximum Gasteiger partial charge on any atom is 0.166 e. The number of thioether (sulfide) groups is 1. The van der Waals surface area contributed by atoms with Crippen LogP contribution in [-0.2, 0) is 5.88 Å². The van der Waals surface area contributed by atoms with E-state index in [-0.39, 0.29) is 0 Å². The molecule has 0 saturated carbocycles. The van der Waals surface area contributed by atoms with Gasteiger partial charge in [-0.25, -0.2) is 15.0 Å². The van der Waals surface area contributed by atoms with Crippen LogP contribution in [0.5, 0.6) is 0 Å². The molecule has 3 heterocycles. The molecule has 4 rings (SSSR count). The van der Waals surface area contributed by atoms with Crippen molar-refractivity contribution in [2.24, 2.45) is 0 Å². The number of nitrogens with zero attached hydrogens (tertiary/aromatic N) is 4. The number of nitrogens with two attached hydrogens (primary N) is 1. The first-order chi connectivity index (χ1) is 12.7. The minimum Gasteiger partial charge on any atom is -0.383 e. The van der Waals surface area contributed by atoms with Crippen molar-refractivity contribution < 1.29 is 0 Å². The summed E-state index contributed by atoms with van der Waals surface area (Å²) < 4.78 is 2.01. The number of anilines is 1. The minimum atomic E-state index is 0.437. The fraction of sp³-hybridized carbons (Fsp3) is 0.105. The number of fused-ring (bicyclic) bond motifs is 1. The monoisotopic (exact) mass is 381 g/mol. The number of hydrogen-bond donors (Lipinski definition) is 1. The Morgan fingerprint density at radius 1 is 1.08 bits per heavy atom. The van der Waals surface area contributed by atoms with E-state index in [0.717, 1.165) is 38.8 Å². The molecule has 4 aromatic rings. The van der Waals surface area contributed by atoms with Crippen LogP contribution in [0.3, 0.4) is 0 Å². The van der Waals surface area contributed by atoms with Crippen LogP contribution >= 0.6 is 23.4 Å². The van der Waals surface area contributed by atoms with Crippen molar-refractivity contribution in [1.82, 2.24) is 19.5 Å². The molecule has 5 nitrogen and oxygen atoms in total. The summed E-state index contributed by atoms with van der Waals surface area (Å²) >= 11 is 7.52. The fourth-order valence-corrected chi connectivity index (χ4v) is 3.38. The van der Waals surface area contributed by atoms with Crippen molar-refractivity contribution in [3.8, 4) is 17.1 Å². The molecule has 0 spiro atoms. The van der Waals surface area contributed by atoms with E-state index < -0.39 is 0 Å². The average molecular weight is 382 g/mol. The van der Waals surface area contributed by atoms with E-state index in [1.54, 1.807) is 18.0 Å². The van der Waals surface area contributed by atoms with Gasteiger partial charge in [0.2, 0.25) is 0 Å². The van der Waals surface area contributed by atoms with E-state index in [0.29, 0.717) is 11.7 Å². The summed E-state index contributed by atoms with van der Waals surface area (Å²) in [5.74, 6) is 1.63. The van der Waals surface area contributed by atoms with Gasteiger partial charge >= 0.3 is 0 Å². The lowest BCUT2D eigenvalue weighted by Gasteiger charge is -2.11. The van der Waals surface area contributed by atoms with E-state index in [1.165, 1.54) is 0 Å². The standard InChI is InChI=1S/C19H16ClN5S/c1-26-16-9-8-15-19(24-16)25(13-6-4-12(11-20)5-7-13)18(23-15)14-3-2-10-22-17(14)21/h2-10H,11H2,1H3,(H2,21,22). The molecule has 0 aliphatic heterocycles. The lowest BCUT2D eigenvalue weighted by atomic mass is 10.2. The molecule has 3 aromatic heterocycles. The first-order valence-corrected chi connectivity index (χ1v) is 9.77. The van der Waals surface area contributed by atoms with Crippen LogP contribution in [0.1, 0.15) is 5.56 Å². The normalized spacial score (nSPS) is 11.2. The van der Waals surface area contributed by atoms with Crippen LogP contribution in [0.25, 0.3) is 28.2 Å². The summed E-state index contributed by atoms with van der Waals surface area (Å²) in [5, 5.41) is 0.932. The molecule has 0 fully saturated rings. The molecule has 0 unspecified atom stereocenters. The summed E-state index contributed by atoms with van der Waals surface area (Å²) in [4.78, 5) is 13.8. The number of hydrogen-bond acceptors (Lipinski definition) is 5. The molecule has 0 amide bonds. The van der Waals surface area contributed by atoms with E-state index >= 15 is 0 Å². The molecule has 1 aromatic carbocycles. The summed E-state index contributed by atoms with van der Waals surface area (Å²) in [7, 11) is 0. The number of rotatable bonds is 4. The molecule has 2 N–H and O–H groups in total. The van der Waals surface area contributed by atoms with E-state index in [9.17, 15) is 0 Å². The zero-order valence-electron chi connectivity index (χ0n) is 14.1. The average Bonchev–Trinajstić information content (AvgIpc) is 3.06. The van der Waals surface area contributed by atoms with Gasteiger partial charge in [0.1, 0.15) is 11.3 Å². The highest BCUT2D eigenvalue weighted by Gasteiger charge is 2.18. The first-order valence-electron chi connectivity index (χ1n) is 8.01. The number of pyridine rings is 2. The van der Waals surface area contributed by atoms with Gasteiger partial charge < -0.3 is 5.73 Å². The largest absolute Gasteiger partial charge is 0.383 e. The van der Waals surface area contributed by atoms with E-state index in [4.69, 9.17) is 27.3 Å². The maximum atomic E-state index is 6.12. The highest BCUT2D eigenvalue weighted by atomic mass is 35.5. The molecular weight excluding hydrogens is 366 g/mol. The van der Waals surface area contributed by atoms with Crippen molar-refractivity contribution in [3.63, 3.8) is 0 Å². The van der Waals surface area contributed by atoms with E-state index in [2.05, 4.69) is 4.98 Å². The second kappa shape index (κ2) is 6.97. The molecule has 7 heteroatoms. The number of nitrogen functional groups attached to an aromatic ring is 1. The van der Waals surface area contributed by atoms with Crippen molar-refractivity contribution in [1.29, 1.82) is 0 Å². The molecule has 26 heavy (non-hydrogen) atoms. The SMILES string of the molecule is CSc1ccc2nc(-c3cccnc3N)n(-c3ccc(CCl)cc3)c2n1. The Hall–Kier alpha value is -2.57. The zero-order chi connectivity index (χ0) is 18.1. The van der Waals surface area contributed by atoms with Crippen molar-refractivity contribution in [2.75, 3.05) is 12.0 Å². The van der Waals surface area contributed by atoms with Crippen molar-refractivity contribution in [3.05, 3.63) is 60.3 Å². The molecule has 0 bridgehead atoms. The molecule has 0 atom stereocenters. The Morgan fingerprint density at radius 2 is 1.88 bits per heavy atom. The Kier molecular flexibility index (Phi) is 4.53. The van der Waals surface area contributed by atoms with Crippen molar-refractivity contribution in [2.45, 2.75) is 10.9 Å². The van der Waals surface area contributed by atoms with Gasteiger partial charge in [-0.1, -0.05) is 12.1 Å². The third-order valence-electron chi connectivity index (χ3n) is 4.12. The predicted octanol–water partition coefficient (Wildman–Crippen LogP) is 4.53. The molecule has 130 valence electrons. The molecule has 0 aliphatic carbocycles. The van der Waals surface area contributed by atoms with Crippen LogP contribution in [0.15, 0.2) is 59.8 Å². The number of aromatic nitrogens is 4. The number of imidazole rings is 1. The van der Waals surface area contributed by atoms with Crippen molar-refractivity contribution >= 4 is 40.3 Å². The summed E-state index contributed by atoms with van der Waals surface area (Å²) in [6.07, 6.45) is 3.68. The van der Waals surface area contributed by atoms with Crippen LogP contribution in [0.2, 0.25) is 0 Å². The Bertz CT molecular complexity index is 1080. The number of benzene rings is 1. The van der Waals surface area contributed by atoms with Crippen LogP contribution in [0, 0.1) is 0 Å². The summed E-state index contributed by atoms with van der Waals surface area (Å²) in [6, 6.07) is 15.8. The van der Waals surface area contributed by atoms with Crippen LogP contribution < -0.4 is 5.73 Å².